The molecule has 1 N–H and O–H groups in total. The third kappa shape index (κ3) is 2.02. The predicted octanol–water partition coefficient (Wildman–Crippen LogP) is 2.56. The molecular weight excluding hydrogens is 188 g/mol. The first-order chi connectivity index (χ1) is 7.42. The molecule has 0 radical (unpaired) electrons. The van der Waals surface area contributed by atoms with Gasteiger partial charge in [0, 0.05) is 11.8 Å². The molecule has 1 heterocycles. The number of benzene rings is 1. The molecule has 74 valence electrons. The highest BCUT2D eigenvalue weighted by Crippen LogP contribution is 2.20. The number of rotatable bonds is 2. The third-order valence-electron chi connectivity index (χ3n) is 2.10. The first-order valence-electron chi connectivity index (χ1n) is 4.59. The molecule has 0 aliphatic carbocycles. The van der Waals surface area contributed by atoms with Crippen molar-refractivity contribution in [2.24, 2.45) is 5.16 Å². The highest BCUT2D eigenvalue weighted by atomic mass is 16.4. The number of aromatic nitrogens is 1. The van der Waals surface area contributed by atoms with Crippen molar-refractivity contribution < 1.29 is 5.21 Å². The van der Waals surface area contributed by atoms with Gasteiger partial charge in [0.25, 0.3) is 0 Å². The maximum absolute atomic E-state index is 8.52. The standard InChI is InChI=1S/C12H10N2O/c15-14-9-12-11(7-4-8-13-12)10-5-2-1-3-6-10/h1-9,15H/b14-9+. The lowest BCUT2D eigenvalue weighted by Gasteiger charge is -2.03. The Kier molecular flexibility index (Phi) is 2.74. The number of oxime groups is 1. The summed E-state index contributed by atoms with van der Waals surface area (Å²) in [4.78, 5) is 4.14. The molecule has 0 bridgehead atoms. The Morgan fingerprint density at radius 1 is 1.07 bits per heavy atom. The summed E-state index contributed by atoms with van der Waals surface area (Å²) >= 11 is 0. The predicted molar refractivity (Wildman–Crippen MR) is 59.1 cm³/mol. The molecule has 0 atom stereocenters. The van der Waals surface area contributed by atoms with Crippen LogP contribution in [0.4, 0.5) is 0 Å². The van der Waals surface area contributed by atoms with Gasteiger partial charge in [-0.2, -0.15) is 0 Å². The van der Waals surface area contributed by atoms with Crippen LogP contribution in [0.1, 0.15) is 5.69 Å². The fraction of sp³-hybridized carbons (Fsp3) is 0. The third-order valence-corrected chi connectivity index (χ3v) is 2.10. The molecule has 1 aromatic carbocycles. The minimum atomic E-state index is 0.659. The zero-order chi connectivity index (χ0) is 10.5. The van der Waals surface area contributed by atoms with E-state index < -0.39 is 0 Å². The molecule has 1 aromatic heterocycles. The Labute approximate surface area is 87.7 Å². The Morgan fingerprint density at radius 3 is 2.60 bits per heavy atom. The van der Waals surface area contributed by atoms with Crippen molar-refractivity contribution >= 4 is 6.21 Å². The molecule has 2 aromatic rings. The average molecular weight is 198 g/mol. The molecule has 15 heavy (non-hydrogen) atoms. The van der Waals surface area contributed by atoms with Crippen LogP contribution in [0.5, 0.6) is 0 Å². The van der Waals surface area contributed by atoms with E-state index in [1.807, 2.05) is 42.5 Å². The van der Waals surface area contributed by atoms with E-state index in [-0.39, 0.29) is 0 Å². The van der Waals surface area contributed by atoms with Gasteiger partial charge in [-0.3, -0.25) is 4.98 Å². The summed E-state index contributed by atoms with van der Waals surface area (Å²) < 4.78 is 0. The lowest BCUT2D eigenvalue weighted by Crippen LogP contribution is -1.91. The monoisotopic (exact) mass is 198 g/mol. The molecule has 3 heteroatoms. The van der Waals surface area contributed by atoms with E-state index in [0.717, 1.165) is 11.1 Å². The molecule has 0 fully saturated rings. The quantitative estimate of drug-likeness (QED) is 0.458. The average Bonchev–Trinajstić information content (AvgIpc) is 2.31. The van der Waals surface area contributed by atoms with Crippen LogP contribution < -0.4 is 0 Å². The summed E-state index contributed by atoms with van der Waals surface area (Å²) in [5.74, 6) is 0. The van der Waals surface area contributed by atoms with Crippen LogP contribution in [0.25, 0.3) is 11.1 Å². The van der Waals surface area contributed by atoms with Gasteiger partial charge >= 0.3 is 0 Å². The van der Waals surface area contributed by atoms with E-state index in [0.29, 0.717) is 5.69 Å². The lowest BCUT2D eigenvalue weighted by atomic mass is 10.0. The highest BCUT2D eigenvalue weighted by Gasteiger charge is 2.02. The number of hydrogen-bond donors (Lipinski definition) is 1. The van der Waals surface area contributed by atoms with Gasteiger partial charge in [-0.05, 0) is 11.6 Å². The fourth-order valence-corrected chi connectivity index (χ4v) is 1.44. The smallest absolute Gasteiger partial charge is 0.0924 e. The SMILES string of the molecule is O/N=C/c1ncccc1-c1ccccc1. The van der Waals surface area contributed by atoms with Gasteiger partial charge in [0.2, 0.25) is 0 Å². The van der Waals surface area contributed by atoms with Gasteiger partial charge < -0.3 is 5.21 Å². The molecular formula is C12H10N2O. The van der Waals surface area contributed by atoms with Gasteiger partial charge in [-0.15, -0.1) is 0 Å². The zero-order valence-corrected chi connectivity index (χ0v) is 8.04. The normalized spacial score (nSPS) is 10.7. The summed E-state index contributed by atoms with van der Waals surface area (Å²) in [5, 5.41) is 11.5. The number of pyridine rings is 1. The minimum absolute atomic E-state index is 0.659. The molecule has 0 aliphatic heterocycles. The van der Waals surface area contributed by atoms with Crippen molar-refractivity contribution in [2.75, 3.05) is 0 Å². The van der Waals surface area contributed by atoms with Crippen LogP contribution in [-0.2, 0) is 0 Å². The summed E-state index contributed by atoms with van der Waals surface area (Å²) in [7, 11) is 0. The van der Waals surface area contributed by atoms with Crippen molar-refractivity contribution in [3.8, 4) is 11.1 Å². The summed E-state index contributed by atoms with van der Waals surface area (Å²) in [6.45, 7) is 0. The molecule has 3 nitrogen and oxygen atoms in total. The maximum atomic E-state index is 8.52. The van der Waals surface area contributed by atoms with Gasteiger partial charge in [-0.25, -0.2) is 0 Å². The van der Waals surface area contributed by atoms with Crippen molar-refractivity contribution in [2.45, 2.75) is 0 Å². The Hall–Kier alpha value is -2.16. The Bertz CT molecular complexity index is 466. The van der Waals surface area contributed by atoms with Crippen molar-refractivity contribution in [3.05, 3.63) is 54.4 Å². The van der Waals surface area contributed by atoms with Gasteiger partial charge in [0.1, 0.15) is 0 Å². The topological polar surface area (TPSA) is 45.5 Å². The van der Waals surface area contributed by atoms with Crippen molar-refractivity contribution in [3.63, 3.8) is 0 Å². The maximum Gasteiger partial charge on any atom is 0.0924 e. The lowest BCUT2D eigenvalue weighted by molar-refractivity contribution is 0.321. The van der Waals surface area contributed by atoms with E-state index in [1.54, 1.807) is 6.20 Å². The molecule has 0 unspecified atom stereocenters. The first kappa shape index (κ1) is 9.40. The van der Waals surface area contributed by atoms with E-state index in [4.69, 9.17) is 5.21 Å². The molecule has 0 spiro atoms. The second-order valence-corrected chi connectivity index (χ2v) is 3.05. The van der Waals surface area contributed by atoms with Gasteiger partial charge in [-0.1, -0.05) is 41.6 Å². The fourth-order valence-electron chi connectivity index (χ4n) is 1.44. The second-order valence-electron chi connectivity index (χ2n) is 3.05. The van der Waals surface area contributed by atoms with E-state index in [2.05, 4.69) is 10.1 Å². The van der Waals surface area contributed by atoms with E-state index in [9.17, 15) is 0 Å². The molecule has 2 rings (SSSR count). The first-order valence-corrected chi connectivity index (χ1v) is 4.59. The van der Waals surface area contributed by atoms with Crippen LogP contribution in [0, 0.1) is 0 Å². The number of hydrogen-bond acceptors (Lipinski definition) is 3. The second kappa shape index (κ2) is 4.37. The summed E-state index contributed by atoms with van der Waals surface area (Å²) in [6.07, 6.45) is 3.01. The molecule has 0 saturated heterocycles. The zero-order valence-electron chi connectivity index (χ0n) is 8.04. The van der Waals surface area contributed by atoms with Gasteiger partial charge in [0.05, 0.1) is 11.9 Å². The summed E-state index contributed by atoms with van der Waals surface area (Å²) in [6, 6.07) is 13.7. The largest absolute Gasteiger partial charge is 0.411 e. The molecule has 0 amide bonds. The molecule has 0 aliphatic rings. The van der Waals surface area contributed by atoms with Crippen molar-refractivity contribution in [1.82, 2.24) is 4.98 Å². The van der Waals surface area contributed by atoms with E-state index in [1.165, 1.54) is 6.21 Å². The van der Waals surface area contributed by atoms with Gasteiger partial charge in [0.15, 0.2) is 0 Å². The van der Waals surface area contributed by atoms with Crippen LogP contribution in [0.2, 0.25) is 0 Å². The van der Waals surface area contributed by atoms with E-state index >= 15 is 0 Å². The number of nitrogens with zero attached hydrogens (tertiary/aromatic N) is 2. The van der Waals surface area contributed by atoms with Crippen LogP contribution >= 0.6 is 0 Å². The van der Waals surface area contributed by atoms with Crippen LogP contribution in [-0.4, -0.2) is 16.4 Å². The Balaban J connectivity index is 2.53. The van der Waals surface area contributed by atoms with Crippen LogP contribution in [0.15, 0.2) is 53.8 Å². The highest BCUT2D eigenvalue weighted by molar-refractivity contribution is 5.87. The summed E-state index contributed by atoms with van der Waals surface area (Å²) in [5.41, 5.74) is 2.67. The molecule has 0 saturated carbocycles. The Morgan fingerprint density at radius 2 is 1.87 bits per heavy atom. The van der Waals surface area contributed by atoms with Crippen molar-refractivity contribution in [1.29, 1.82) is 0 Å². The van der Waals surface area contributed by atoms with Crippen LogP contribution in [0.3, 0.4) is 0 Å². The minimum Gasteiger partial charge on any atom is -0.411 e.